The van der Waals surface area contributed by atoms with Crippen molar-refractivity contribution in [2.24, 2.45) is 11.8 Å². The molecule has 0 aromatic rings. The summed E-state index contributed by atoms with van der Waals surface area (Å²) in [7, 11) is 0. The lowest BCUT2D eigenvalue weighted by atomic mass is 9.98. The molecule has 72 valence electrons. The zero-order chi connectivity index (χ0) is 9.42. The van der Waals surface area contributed by atoms with E-state index in [0.29, 0.717) is 11.5 Å². The van der Waals surface area contributed by atoms with Gasteiger partial charge in [0.15, 0.2) is 0 Å². The van der Waals surface area contributed by atoms with Crippen molar-refractivity contribution in [3.05, 3.63) is 12.2 Å². The van der Waals surface area contributed by atoms with Gasteiger partial charge in [-0.1, -0.05) is 6.58 Å². The highest BCUT2D eigenvalue weighted by Crippen LogP contribution is 2.45. The number of fused-ring (bicyclic) bond motifs is 2. The molecule has 2 rings (SSSR count). The van der Waals surface area contributed by atoms with E-state index in [0.717, 1.165) is 12.3 Å². The van der Waals surface area contributed by atoms with Gasteiger partial charge in [0.25, 0.3) is 0 Å². The van der Waals surface area contributed by atoms with Gasteiger partial charge in [0.2, 0.25) is 0 Å². The summed E-state index contributed by atoms with van der Waals surface area (Å²) in [5.74, 6) is 1.26. The Labute approximate surface area is 79.0 Å². The van der Waals surface area contributed by atoms with Gasteiger partial charge in [-0.3, -0.25) is 0 Å². The van der Waals surface area contributed by atoms with Crippen LogP contribution in [0.25, 0.3) is 0 Å². The molecule has 0 amide bonds. The van der Waals surface area contributed by atoms with Gasteiger partial charge >= 0.3 is 5.97 Å². The standard InChI is InChI=1S/C11H16O2/c1-7(2)11(12)13-10-6-8-3-4-9(10)5-8/h8-10H,1,3-6H2,2H3/t8-,9-,10-/m0/s1. The van der Waals surface area contributed by atoms with Crippen LogP contribution in [0.15, 0.2) is 12.2 Å². The maximum absolute atomic E-state index is 11.3. The summed E-state index contributed by atoms with van der Waals surface area (Å²) in [6.07, 6.45) is 5.14. The number of carbonyl (C=O) groups is 1. The average Bonchev–Trinajstić information content (AvgIpc) is 2.64. The fourth-order valence-corrected chi connectivity index (χ4v) is 2.57. The normalized spacial score (nSPS) is 36.2. The van der Waals surface area contributed by atoms with Gasteiger partial charge in [0, 0.05) is 5.57 Å². The quantitative estimate of drug-likeness (QED) is 0.481. The Morgan fingerprint density at radius 2 is 2.15 bits per heavy atom. The molecule has 0 unspecified atom stereocenters. The van der Waals surface area contributed by atoms with Gasteiger partial charge in [0.05, 0.1) is 0 Å². The van der Waals surface area contributed by atoms with E-state index in [-0.39, 0.29) is 12.1 Å². The average molecular weight is 180 g/mol. The molecule has 0 N–H and O–H groups in total. The van der Waals surface area contributed by atoms with E-state index in [1.807, 2.05) is 0 Å². The highest BCUT2D eigenvalue weighted by molar-refractivity contribution is 5.87. The smallest absolute Gasteiger partial charge is 0.333 e. The molecule has 2 aliphatic rings. The minimum absolute atomic E-state index is 0.197. The van der Waals surface area contributed by atoms with Crippen LogP contribution in [-0.4, -0.2) is 12.1 Å². The summed E-state index contributed by atoms with van der Waals surface area (Å²) in [5.41, 5.74) is 0.516. The van der Waals surface area contributed by atoms with E-state index in [4.69, 9.17) is 4.74 Å². The van der Waals surface area contributed by atoms with Gasteiger partial charge in [0.1, 0.15) is 6.10 Å². The zero-order valence-corrected chi connectivity index (χ0v) is 8.08. The van der Waals surface area contributed by atoms with Crippen LogP contribution in [0.2, 0.25) is 0 Å². The maximum Gasteiger partial charge on any atom is 0.333 e. The lowest BCUT2D eigenvalue weighted by molar-refractivity contribution is -0.146. The van der Waals surface area contributed by atoms with E-state index in [1.54, 1.807) is 6.92 Å². The first-order valence-electron chi connectivity index (χ1n) is 5.03. The number of esters is 1. The van der Waals surface area contributed by atoms with Crippen LogP contribution < -0.4 is 0 Å². The van der Waals surface area contributed by atoms with Crippen molar-refractivity contribution >= 4 is 5.97 Å². The van der Waals surface area contributed by atoms with E-state index in [1.165, 1.54) is 19.3 Å². The molecule has 2 saturated carbocycles. The number of hydrogen-bond acceptors (Lipinski definition) is 2. The van der Waals surface area contributed by atoms with Crippen molar-refractivity contribution in [3.63, 3.8) is 0 Å². The third-order valence-corrected chi connectivity index (χ3v) is 3.28. The molecule has 0 spiro atoms. The van der Waals surface area contributed by atoms with Gasteiger partial charge in [-0.05, 0) is 44.4 Å². The van der Waals surface area contributed by atoms with Gasteiger partial charge in [-0.2, -0.15) is 0 Å². The van der Waals surface area contributed by atoms with Gasteiger partial charge in [-0.25, -0.2) is 4.79 Å². The van der Waals surface area contributed by atoms with Crippen molar-refractivity contribution in [1.29, 1.82) is 0 Å². The van der Waals surface area contributed by atoms with E-state index >= 15 is 0 Å². The molecule has 13 heavy (non-hydrogen) atoms. The fraction of sp³-hybridized carbons (Fsp3) is 0.727. The molecule has 2 bridgehead atoms. The van der Waals surface area contributed by atoms with Crippen LogP contribution in [0, 0.1) is 11.8 Å². The minimum Gasteiger partial charge on any atom is -0.459 e. The van der Waals surface area contributed by atoms with Crippen LogP contribution in [0.4, 0.5) is 0 Å². The van der Waals surface area contributed by atoms with E-state index < -0.39 is 0 Å². The molecule has 2 fully saturated rings. The molecular weight excluding hydrogens is 164 g/mol. The van der Waals surface area contributed by atoms with Crippen LogP contribution >= 0.6 is 0 Å². The van der Waals surface area contributed by atoms with E-state index in [9.17, 15) is 4.79 Å². The molecule has 3 atom stereocenters. The third kappa shape index (κ3) is 1.62. The number of ether oxygens (including phenoxy) is 1. The van der Waals surface area contributed by atoms with Crippen molar-refractivity contribution in [2.45, 2.75) is 38.7 Å². The molecular formula is C11H16O2. The molecule has 2 aliphatic carbocycles. The summed E-state index contributed by atoms with van der Waals surface area (Å²) in [5, 5.41) is 0. The lowest BCUT2D eigenvalue weighted by Crippen LogP contribution is -2.24. The monoisotopic (exact) mass is 180 g/mol. The SMILES string of the molecule is C=C(C)C(=O)O[C@H]1C[C@H]2CC[C@H]1C2. The Hall–Kier alpha value is -0.790. The summed E-state index contributed by atoms with van der Waals surface area (Å²) >= 11 is 0. The Bertz CT molecular complexity index is 244. The zero-order valence-electron chi connectivity index (χ0n) is 8.08. The first-order valence-corrected chi connectivity index (χ1v) is 5.03. The van der Waals surface area contributed by atoms with Crippen LogP contribution in [0.3, 0.4) is 0 Å². The highest BCUT2D eigenvalue weighted by atomic mass is 16.5. The Balaban J connectivity index is 1.90. The van der Waals surface area contributed by atoms with Crippen molar-refractivity contribution in [2.75, 3.05) is 0 Å². The first-order chi connectivity index (χ1) is 6.16. The lowest BCUT2D eigenvalue weighted by Gasteiger charge is -2.21. The molecule has 2 heteroatoms. The molecule has 2 nitrogen and oxygen atoms in total. The van der Waals surface area contributed by atoms with Gasteiger partial charge < -0.3 is 4.74 Å². The number of rotatable bonds is 2. The number of hydrogen-bond donors (Lipinski definition) is 0. The van der Waals surface area contributed by atoms with E-state index in [2.05, 4.69) is 6.58 Å². The van der Waals surface area contributed by atoms with Crippen molar-refractivity contribution in [3.8, 4) is 0 Å². The highest BCUT2D eigenvalue weighted by Gasteiger charge is 2.41. The Morgan fingerprint density at radius 3 is 2.62 bits per heavy atom. The molecule has 0 heterocycles. The minimum atomic E-state index is -0.211. The molecule has 0 aromatic heterocycles. The second kappa shape index (κ2) is 3.17. The molecule has 0 saturated heterocycles. The van der Waals surface area contributed by atoms with Crippen LogP contribution in [-0.2, 0) is 9.53 Å². The van der Waals surface area contributed by atoms with Gasteiger partial charge in [-0.15, -0.1) is 0 Å². The van der Waals surface area contributed by atoms with Crippen LogP contribution in [0.1, 0.15) is 32.6 Å². The molecule has 0 aliphatic heterocycles. The summed E-state index contributed by atoms with van der Waals surface area (Å²) in [4.78, 5) is 11.3. The molecule has 0 aromatic carbocycles. The van der Waals surface area contributed by atoms with Crippen molar-refractivity contribution < 1.29 is 9.53 Å². The predicted molar refractivity (Wildman–Crippen MR) is 50.1 cm³/mol. The molecule has 0 radical (unpaired) electrons. The fourth-order valence-electron chi connectivity index (χ4n) is 2.57. The first kappa shape index (κ1) is 8.79. The summed E-state index contributed by atoms with van der Waals surface area (Å²) < 4.78 is 5.37. The van der Waals surface area contributed by atoms with Crippen LogP contribution in [0.5, 0.6) is 0 Å². The third-order valence-electron chi connectivity index (χ3n) is 3.28. The Kier molecular flexibility index (Phi) is 2.14. The Morgan fingerprint density at radius 1 is 1.38 bits per heavy atom. The largest absolute Gasteiger partial charge is 0.459 e. The predicted octanol–water partition coefficient (Wildman–Crippen LogP) is 2.29. The second-order valence-electron chi connectivity index (χ2n) is 4.40. The summed E-state index contributed by atoms with van der Waals surface area (Å²) in [6.45, 7) is 5.29. The topological polar surface area (TPSA) is 26.3 Å². The maximum atomic E-state index is 11.3. The number of carbonyl (C=O) groups excluding carboxylic acids is 1. The van der Waals surface area contributed by atoms with Crippen molar-refractivity contribution in [1.82, 2.24) is 0 Å². The summed E-state index contributed by atoms with van der Waals surface area (Å²) in [6, 6.07) is 0. The second-order valence-corrected chi connectivity index (χ2v) is 4.40.